The SMILES string of the molecule is CC(C)OCCCCNc1ncccc1Br. The molecule has 3 nitrogen and oxygen atoms in total. The number of unbranched alkanes of at least 4 members (excludes halogenated alkanes) is 1. The first-order valence-electron chi connectivity index (χ1n) is 5.66. The molecule has 0 aliphatic carbocycles. The van der Waals surface area contributed by atoms with Gasteiger partial charge >= 0.3 is 0 Å². The second-order valence-electron chi connectivity index (χ2n) is 3.89. The number of halogens is 1. The number of nitrogens with one attached hydrogen (secondary N) is 1. The zero-order valence-corrected chi connectivity index (χ0v) is 11.5. The van der Waals surface area contributed by atoms with Gasteiger partial charge in [-0.05, 0) is 54.8 Å². The molecule has 0 aromatic carbocycles. The molecule has 0 saturated heterocycles. The summed E-state index contributed by atoms with van der Waals surface area (Å²) in [4.78, 5) is 4.24. The maximum atomic E-state index is 5.47. The molecule has 0 saturated carbocycles. The molecule has 90 valence electrons. The molecule has 1 aromatic heterocycles. The Morgan fingerprint density at radius 1 is 1.44 bits per heavy atom. The van der Waals surface area contributed by atoms with Gasteiger partial charge < -0.3 is 10.1 Å². The molecular formula is C12H19BrN2O. The Labute approximate surface area is 106 Å². The summed E-state index contributed by atoms with van der Waals surface area (Å²) < 4.78 is 6.47. The number of nitrogens with zero attached hydrogens (tertiary/aromatic N) is 1. The van der Waals surface area contributed by atoms with Crippen molar-refractivity contribution in [2.45, 2.75) is 32.8 Å². The van der Waals surface area contributed by atoms with Gasteiger partial charge in [0.25, 0.3) is 0 Å². The standard InChI is InChI=1S/C12H19BrN2O/c1-10(2)16-9-4-3-7-14-12-11(13)6-5-8-15-12/h5-6,8,10H,3-4,7,9H2,1-2H3,(H,14,15). The maximum Gasteiger partial charge on any atom is 0.140 e. The summed E-state index contributed by atoms with van der Waals surface area (Å²) in [6.07, 6.45) is 4.29. The summed E-state index contributed by atoms with van der Waals surface area (Å²) in [5.74, 6) is 0.910. The summed E-state index contributed by atoms with van der Waals surface area (Å²) in [6.45, 7) is 5.88. The van der Waals surface area contributed by atoms with Gasteiger partial charge in [0.05, 0.1) is 10.6 Å². The van der Waals surface area contributed by atoms with Crippen LogP contribution in [0.5, 0.6) is 0 Å². The van der Waals surface area contributed by atoms with Crippen LogP contribution in [-0.2, 0) is 4.74 Å². The van der Waals surface area contributed by atoms with Gasteiger partial charge in [-0.1, -0.05) is 0 Å². The molecule has 0 amide bonds. The van der Waals surface area contributed by atoms with E-state index in [1.807, 2.05) is 12.1 Å². The van der Waals surface area contributed by atoms with Crippen molar-refractivity contribution in [2.24, 2.45) is 0 Å². The quantitative estimate of drug-likeness (QED) is 0.780. The van der Waals surface area contributed by atoms with Crippen molar-refractivity contribution in [3.63, 3.8) is 0 Å². The minimum Gasteiger partial charge on any atom is -0.379 e. The second kappa shape index (κ2) is 7.63. The topological polar surface area (TPSA) is 34.1 Å². The molecule has 0 aliphatic rings. The first-order chi connectivity index (χ1) is 7.70. The van der Waals surface area contributed by atoms with Gasteiger partial charge in [-0.3, -0.25) is 0 Å². The monoisotopic (exact) mass is 286 g/mol. The van der Waals surface area contributed by atoms with Crippen LogP contribution in [0.3, 0.4) is 0 Å². The normalized spacial score (nSPS) is 10.8. The van der Waals surface area contributed by atoms with Crippen LogP contribution < -0.4 is 5.32 Å². The van der Waals surface area contributed by atoms with Gasteiger partial charge in [-0.15, -0.1) is 0 Å². The first-order valence-corrected chi connectivity index (χ1v) is 6.45. The summed E-state index contributed by atoms with van der Waals surface area (Å²) >= 11 is 3.45. The Kier molecular flexibility index (Phi) is 6.42. The van der Waals surface area contributed by atoms with Crippen LogP contribution in [0.15, 0.2) is 22.8 Å². The number of pyridine rings is 1. The molecule has 0 unspecified atom stereocenters. The van der Waals surface area contributed by atoms with Crippen molar-refractivity contribution < 1.29 is 4.74 Å². The molecule has 1 heterocycles. The lowest BCUT2D eigenvalue weighted by Gasteiger charge is -2.08. The fourth-order valence-corrected chi connectivity index (χ4v) is 1.66. The highest BCUT2D eigenvalue weighted by Gasteiger charge is 1.98. The van der Waals surface area contributed by atoms with Crippen LogP contribution in [0.25, 0.3) is 0 Å². The average Bonchev–Trinajstić information content (AvgIpc) is 2.25. The van der Waals surface area contributed by atoms with E-state index in [0.29, 0.717) is 6.10 Å². The van der Waals surface area contributed by atoms with Gasteiger partial charge in [-0.25, -0.2) is 4.98 Å². The van der Waals surface area contributed by atoms with Crippen LogP contribution in [0.1, 0.15) is 26.7 Å². The molecule has 16 heavy (non-hydrogen) atoms. The van der Waals surface area contributed by atoms with Crippen LogP contribution in [-0.4, -0.2) is 24.2 Å². The van der Waals surface area contributed by atoms with Crippen molar-refractivity contribution >= 4 is 21.7 Å². The van der Waals surface area contributed by atoms with E-state index in [9.17, 15) is 0 Å². The molecule has 1 rings (SSSR count). The van der Waals surface area contributed by atoms with Crippen molar-refractivity contribution in [1.82, 2.24) is 4.98 Å². The zero-order valence-electron chi connectivity index (χ0n) is 9.87. The largest absolute Gasteiger partial charge is 0.379 e. The molecule has 4 heteroatoms. The molecule has 0 aliphatic heterocycles. The Bertz CT molecular complexity index is 305. The lowest BCUT2D eigenvalue weighted by Crippen LogP contribution is -2.07. The second-order valence-corrected chi connectivity index (χ2v) is 4.74. The highest BCUT2D eigenvalue weighted by molar-refractivity contribution is 9.10. The van der Waals surface area contributed by atoms with Gasteiger partial charge in [0.2, 0.25) is 0 Å². The molecule has 1 N–H and O–H groups in total. The van der Waals surface area contributed by atoms with Crippen molar-refractivity contribution in [2.75, 3.05) is 18.5 Å². The lowest BCUT2D eigenvalue weighted by molar-refractivity contribution is 0.0765. The molecule has 0 radical (unpaired) electrons. The minimum absolute atomic E-state index is 0.331. The van der Waals surface area contributed by atoms with E-state index >= 15 is 0 Å². The number of aromatic nitrogens is 1. The van der Waals surface area contributed by atoms with E-state index in [0.717, 1.165) is 36.3 Å². The molecule has 0 bridgehead atoms. The maximum absolute atomic E-state index is 5.47. The van der Waals surface area contributed by atoms with Crippen LogP contribution in [0.2, 0.25) is 0 Å². The summed E-state index contributed by atoms with van der Waals surface area (Å²) in [6, 6.07) is 3.89. The number of ether oxygens (including phenoxy) is 1. The van der Waals surface area contributed by atoms with Crippen LogP contribution >= 0.6 is 15.9 Å². The van der Waals surface area contributed by atoms with E-state index in [1.54, 1.807) is 6.20 Å². The van der Waals surface area contributed by atoms with Gasteiger partial charge in [-0.2, -0.15) is 0 Å². The van der Waals surface area contributed by atoms with E-state index in [1.165, 1.54) is 0 Å². The third kappa shape index (κ3) is 5.47. The van der Waals surface area contributed by atoms with Crippen molar-refractivity contribution in [3.8, 4) is 0 Å². The first kappa shape index (κ1) is 13.5. The molecule has 0 atom stereocenters. The van der Waals surface area contributed by atoms with E-state index in [2.05, 4.69) is 40.1 Å². The number of hydrogen-bond donors (Lipinski definition) is 1. The Morgan fingerprint density at radius 3 is 2.94 bits per heavy atom. The molecule has 1 aromatic rings. The van der Waals surface area contributed by atoms with E-state index in [4.69, 9.17) is 4.74 Å². The number of anilines is 1. The summed E-state index contributed by atoms with van der Waals surface area (Å²) in [5.41, 5.74) is 0. The fraction of sp³-hybridized carbons (Fsp3) is 0.583. The minimum atomic E-state index is 0.331. The van der Waals surface area contributed by atoms with Gasteiger partial charge in [0.1, 0.15) is 5.82 Å². The Morgan fingerprint density at radius 2 is 2.25 bits per heavy atom. The van der Waals surface area contributed by atoms with Gasteiger partial charge in [0.15, 0.2) is 0 Å². The number of rotatable bonds is 7. The predicted molar refractivity (Wildman–Crippen MR) is 70.7 cm³/mol. The third-order valence-electron chi connectivity index (χ3n) is 2.07. The molecule has 0 fully saturated rings. The van der Waals surface area contributed by atoms with Crippen LogP contribution in [0.4, 0.5) is 5.82 Å². The molecule has 0 spiro atoms. The lowest BCUT2D eigenvalue weighted by atomic mass is 10.3. The number of hydrogen-bond acceptors (Lipinski definition) is 3. The summed E-state index contributed by atoms with van der Waals surface area (Å²) in [5, 5.41) is 3.29. The molecular weight excluding hydrogens is 268 g/mol. The summed E-state index contributed by atoms with van der Waals surface area (Å²) in [7, 11) is 0. The fourth-order valence-electron chi connectivity index (χ4n) is 1.27. The highest BCUT2D eigenvalue weighted by Crippen LogP contribution is 2.17. The zero-order chi connectivity index (χ0) is 11.8. The smallest absolute Gasteiger partial charge is 0.140 e. The highest BCUT2D eigenvalue weighted by atomic mass is 79.9. The predicted octanol–water partition coefficient (Wildman–Crippen LogP) is 3.46. The van der Waals surface area contributed by atoms with Crippen LogP contribution in [0, 0.1) is 0 Å². The van der Waals surface area contributed by atoms with E-state index < -0.39 is 0 Å². The van der Waals surface area contributed by atoms with E-state index in [-0.39, 0.29) is 0 Å². The Balaban J connectivity index is 2.10. The van der Waals surface area contributed by atoms with Gasteiger partial charge in [0, 0.05) is 19.3 Å². The van der Waals surface area contributed by atoms with Crippen molar-refractivity contribution in [3.05, 3.63) is 22.8 Å². The third-order valence-corrected chi connectivity index (χ3v) is 2.71. The Hall–Kier alpha value is -0.610. The average molecular weight is 287 g/mol. The van der Waals surface area contributed by atoms with Crippen molar-refractivity contribution in [1.29, 1.82) is 0 Å².